The summed E-state index contributed by atoms with van der Waals surface area (Å²) in [6.07, 6.45) is 4.08. The first-order chi connectivity index (χ1) is 8.66. The van der Waals surface area contributed by atoms with Crippen LogP contribution < -0.4 is 16.4 Å². The molecule has 1 aliphatic heterocycles. The first-order valence-corrected chi connectivity index (χ1v) is 5.86. The average Bonchev–Trinajstić information content (AvgIpc) is 2.92. The Kier molecular flexibility index (Phi) is 2.32. The minimum absolute atomic E-state index is 0.119. The summed E-state index contributed by atoms with van der Waals surface area (Å²) in [7, 11) is 0. The predicted octanol–water partition coefficient (Wildman–Crippen LogP) is 0.0106. The van der Waals surface area contributed by atoms with E-state index in [-0.39, 0.29) is 11.4 Å². The van der Waals surface area contributed by atoms with E-state index >= 15 is 0 Å². The molecule has 1 aliphatic rings. The van der Waals surface area contributed by atoms with Crippen LogP contribution in [0.2, 0.25) is 0 Å². The second-order valence-electron chi connectivity index (χ2n) is 4.37. The lowest BCUT2D eigenvalue weighted by molar-refractivity contribution is 0.100. The van der Waals surface area contributed by atoms with E-state index in [1.54, 1.807) is 6.20 Å². The maximum absolute atomic E-state index is 11.4. The number of rotatable bonds is 2. The summed E-state index contributed by atoms with van der Waals surface area (Å²) in [5.41, 5.74) is 11.6. The number of anilines is 2. The largest absolute Gasteiger partial charge is 0.381 e. The van der Waals surface area contributed by atoms with Crippen molar-refractivity contribution in [1.29, 1.82) is 0 Å². The van der Waals surface area contributed by atoms with Crippen molar-refractivity contribution in [2.24, 2.45) is 5.73 Å². The Bertz CT molecular complexity index is 613. The quantitative estimate of drug-likeness (QED) is 0.777. The Morgan fingerprint density at radius 2 is 2.06 bits per heavy atom. The molecule has 3 heterocycles. The zero-order chi connectivity index (χ0) is 12.7. The van der Waals surface area contributed by atoms with Gasteiger partial charge in [-0.05, 0) is 18.9 Å². The van der Waals surface area contributed by atoms with Crippen LogP contribution in [-0.4, -0.2) is 33.6 Å². The summed E-state index contributed by atoms with van der Waals surface area (Å²) in [5.74, 6) is 0.351. The summed E-state index contributed by atoms with van der Waals surface area (Å²) < 4.78 is 1.48. The molecule has 0 aromatic carbocycles. The molecule has 2 aromatic rings. The molecule has 0 unspecified atom stereocenters. The molecule has 0 bridgehead atoms. The Balaban J connectivity index is 2.14. The van der Waals surface area contributed by atoms with Gasteiger partial charge in [0, 0.05) is 19.3 Å². The molecule has 2 aromatic heterocycles. The van der Waals surface area contributed by atoms with E-state index in [9.17, 15) is 4.79 Å². The maximum atomic E-state index is 11.4. The van der Waals surface area contributed by atoms with Crippen LogP contribution in [-0.2, 0) is 0 Å². The molecule has 0 spiro atoms. The minimum atomic E-state index is -0.603. The first-order valence-electron chi connectivity index (χ1n) is 5.86. The second-order valence-corrected chi connectivity index (χ2v) is 4.37. The normalized spacial score (nSPS) is 15.4. The number of hydrogen-bond acceptors (Lipinski definition) is 5. The number of carbonyl (C=O) groups is 1. The van der Waals surface area contributed by atoms with Gasteiger partial charge in [-0.2, -0.15) is 0 Å². The Hall–Kier alpha value is -2.31. The lowest BCUT2D eigenvalue weighted by Gasteiger charge is -2.15. The number of nitrogen functional groups attached to an aromatic ring is 1. The van der Waals surface area contributed by atoms with Crippen LogP contribution in [0.15, 0.2) is 12.3 Å². The number of aromatic nitrogens is 3. The number of carbonyl (C=O) groups excluding carboxylic acids is 1. The van der Waals surface area contributed by atoms with Gasteiger partial charge in [0.15, 0.2) is 11.5 Å². The van der Waals surface area contributed by atoms with Gasteiger partial charge in [0.1, 0.15) is 11.4 Å². The van der Waals surface area contributed by atoms with Crippen LogP contribution in [0.25, 0.3) is 5.65 Å². The number of amides is 1. The van der Waals surface area contributed by atoms with E-state index in [0.29, 0.717) is 5.65 Å². The maximum Gasteiger partial charge on any atom is 0.256 e. The summed E-state index contributed by atoms with van der Waals surface area (Å²) in [4.78, 5) is 18.0. The molecule has 7 heteroatoms. The molecule has 0 atom stereocenters. The van der Waals surface area contributed by atoms with Crippen molar-refractivity contribution in [3.63, 3.8) is 0 Å². The molecular formula is C11H14N6O. The van der Waals surface area contributed by atoms with Gasteiger partial charge < -0.3 is 16.4 Å². The van der Waals surface area contributed by atoms with Gasteiger partial charge in [-0.25, -0.2) is 9.50 Å². The van der Waals surface area contributed by atoms with E-state index in [1.807, 2.05) is 6.07 Å². The zero-order valence-corrected chi connectivity index (χ0v) is 9.83. The predicted molar refractivity (Wildman–Crippen MR) is 67.4 cm³/mol. The van der Waals surface area contributed by atoms with E-state index in [0.717, 1.165) is 31.7 Å². The number of primary amides is 1. The highest BCUT2D eigenvalue weighted by Crippen LogP contribution is 2.21. The molecule has 0 aliphatic carbocycles. The van der Waals surface area contributed by atoms with Crippen LogP contribution >= 0.6 is 0 Å². The SMILES string of the molecule is NC(=O)c1c(N)nn2ccc(N3CCCC3)nc12. The van der Waals surface area contributed by atoms with Crippen molar-refractivity contribution >= 4 is 23.2 Å². The van der Waals surface area contributed by atoms with E-state index in [4.69, 9.17) is 11.5 Å². The third-order valence-electron chi connectivity index (χ3n) is 3.17. The van der Waals surface area contributed by atoms with Crippen molar-refractivity contribution in [2.75, 3.05) is 23.7 Å². The highest BCUT2D eigenvalue weighted by Gasteiger charge is 2.19. The highest BCUT2D eigenvalue weighted by atomic mass is 16.1. The third kappa shape index (κ3) is 1.55. The number of nitrogens with zero attached hydrogens (tertiary/aromatic N) is 4. The van der Waals surface area contributed by atoms with Crippen molar-refractivity contribution in [1.82, 2.24) is 14.6 Å². The van der Waals surface area contributed by atoms with E-state index < -0.39 is 5.91 Å². The molecule has 0 radical (unpaired) electrons. The fourth-order valence-corrected chi connectivity index (χ4v) is 2.30. The molecule has 18 heavy (non-hydrogen) atoms. The summed E-state index contributed by atoms with van der Waals surface area (Å²) in [6, 6.07) is 1.87. The van der Waals surface area contributed by atoms with Crippen molar-refractivity contribution in [2.45, 2.75) is 12.8 Å². The second kappa shape index (κ2) is 3.86. The lowest BCUT2D eigenvalue weighted by atomic mass is 10.3. The van der Waals surface area contributed by atoms with Gasteiger partial charge in [-0.1, -0.05) is 0 Å². The number of fused-ring (bicyclic) bond motifs is 1. The van der Waals surface area contributed by atoms with Gasteiger partial charge in [0.25, 0.3) is 5.91 Å². The summed E-state index contributed by atoms with van der Waals surface area (Å²) in [5, 5.41) is 4.01. The lowest BCUT2D eigenvalue weighted by Crippen LogP contribution is -2.19. The van der Waals surface area contributed by atoms with Crippen LogP contribution in [0.4, 0.5) is 11.6 Å². The van der Waals surface area contributed by atoms with Crippen LogP contribution in [0.1, 0.15) is 23.2 Å². The van der Waals surface area contributed by atoms with Crippen molar-refractivity contribution in [3.05, 3.63) is 17.8 Å². The van der Waals surface area contributed by atoms with Gasteiger partial charge in [0.05, 0.1) is 0 Å². The zero-order valence-electron chi connectivity index (χ0n) is 9.83. The van der Waals surface area contributed by atoms with Crippen molar-refractivity contribution in [3.8, 4) is 0 Å². The fourth-order valence-electron chi connectivity index (χ4n) is 2.30. The van der Waals surface area contributed by atoms with E-state index in [1.165, 1.54) is 4.52 Å². The van der Waals surface area contributed by atoms with Gasteiger partial charge >= 0.3 is 0 Å². The summed E-state index contributed by atoms with van der Waals surface area (Å²) >= 11 is 0. The molecule has 1 saturated heterocycles. The van der Waals surface area contributed by atoms with Crippen LogP contribution in [0.5, 0.6) is 0 Å². The monoisotopic (exact) mass is 246 g/mol. The molecule has 1 fully saturated rings. The Morgan fingerprint density at radius 3 is 2.72 bits per heavy atom. The standard InChI is InChI=1S/C11H14N6O/c12-9-8(10(13)18)11-14-7(3-6-17(11)15-9)16-4-1-2-5-16/h3,6H,1-2,4-5H2,(H2,12,15)(H2,13,18). The molecular weight excluding hydrogens is 232 g/mol. The van der Waals surface area contributed by atoms with Crippen LogP contribution in [0, 0.1) is 0 Å². The minimum Gasteiger partial charge on any atom is -0.381 e. The average molecular weight is 246 g/mol. The number of hydrogen-bond donors (Lipinski definition) is 2. The molecule has 3 rings (SSSR count). The topological polar surface area (TPSA) is 103 Å². The van der Waals surface area contributed by atoms with Gasteiger partial charge in [-0.15, -0.1) is 5.10 Å². The van der Waals surface area contributed by atoms with Gasteiger partial charge in [-0.3, -0.25) is 4.79 Å². The number of nitrogens with two attached hydrogens (primary N) is 2. The molecule has 4 N–H and O–H groups in total. The molecule has 1 amide bonds. The highest BCUT2D eigenvalue weighted by molar-refractivity contribution is 6.03. The fraction of sp³-hybridized carbons (Fsp3) is 0.364. The third-order valence-corrected chi connectivity index (χ3v) is 3.17. The van der Waals surface area contributed by atoms with E-state index in [2.05, 4.69) is 15.0 Å². The molecule has 94 valence electrons. The Morgan fingerprint density at radius 1 is 1.33 bits per heavy atom. The smallest absolute Gasteiger partial charge is 0.256 e. The van der Waals surface area contributed by atoms with Gasteiger partial charge in [0.2, 0.25) is 0 Å². The summed E-state index contributed by atoms with van der Waals surface area (Å²) in [6.45, 7) is 1.97. The Labute approximate surface area is 103 Å². The molecule has 0 saturated carbocycles. The molecule has 7 nitrogen and oxygen atoms in total. The van der Waals surface area contributed by atoms with Crippen LogP contribution in [0.3, 0.4) is 0 Å². The van der Waals surface area contributed by atoms with Crippen molar-refractivity contribution < 1.29 is 4.79 Å². The first kappa shape index (κ1) is 10.8.